The Kier molecular flexibility index (Phi) is 6.99. The van der Waals surface area contributed by atoms with Crippen LogP contribution in [0.1, 0.15) is 53.3 Å². The fourth-order valence-corrected chi connectivity index (χ4v) is 5.63. The lowest BCUT2D eigenvalue weighted by molar-refractivity contribution is 0.0967. The van der Waals surface area contributed by atoms with Gasteiger partial charge in [-0.15, -0.1) is 0 Å². The molecule has 8 heteroatoms. The lowest BCUT2D eigenvalue weighted by Crippen LogP contribution is -2.09. The molecule has 0 amide bonds. The summed E-state index contributed by atoms with van der Waals surface area (Å²) in [5.74, 6) is 1.81. The molecule has 41 heavy (non-hydrogen) atoms. The predicted molar refractivity (Wildman–Crippen MR) is 159 cm³/mol. The second kappa shape index (κ2) is 10.8. The number of carbonyl (C=O) groups is 1. The van der Waals surface area contributed by atoms with Crippen molar-refractivity contribution in [1.29, 1.82) is 0 Å². The summed E-state index contributed by atoms with van der Waals surface area (Å²) < 4.78 is 9.46. The Labute approximate surface area is 240 Å². The molecule has 1 aliphatic carbocycles. The first-order valence-corrected chi connectivity index (χ1v) is 14.0. The summed E-state index contributed by atoms with van der Waals surface area (Å²) in [7, 11) is 5.56. The number of benzene rings is 2. The minimum atomic E-state index is 0.125. The highest BCUT2D eigenvalue weighted by atomic mass is 16.5. The van der Waals surface area contributed by atoms with E-state index in [4.69, 9.17) is 19.8 Å². The molecule has 8 nitrogen and oxygen atoms in total. The van der Waals surface area contributed by atoms with Crippen LogP contribution >= 0.6 is 0 Å². The minimum absolute atomic E-state index is 0.125. The number of ketones is 1. The third-order valence-electron chi connectivity index (χ3n) is 7.65. The van der Waals surface area contributed by atoms with Crippen LogP contribution in [0, 0.1) is 5.92 Å². The number of Topliss-reactive ketones (excluding diaryl/α,β-unsaturated/α-hetero) is 1. The van der Waals surface area contributed by atoms with Crippen molar-refractivity contribution >= 4 is 5.78 Å². The molecule has 6 rings (SSSR count). The molecule has 2 aromatic carbocycles. The van der Waals surface area contributed by atoms with E-state index >= 15 is 0 Å². The van der Waals surface area contributed by atoms with Gasteiger partial charge in [-0.25, -0.2) is 9.97 Å². The quantitative estimate of drug-likeness (QED) is 0.226. The molecular weight excluding hydrogens is 512 g/mol. The number of nitrogens with zero attached hydrogens (tertiary/aromatic N) is 6. The first kappa shape index (κ1) is 26.6. The van der Waals surface area contributed by atoms with Crippen molar-refractivity contribution in [3.05, 3.63) is 89.3 Å². The SMILES string of the molecule is COc1cc(C(=O)CC(C)C)ccc1Cc1ncc2c(n1)-c1c(nn(C)c1-c1ccc(-c3cnn(C)c3)cc1)CC2. The molecule has 0 saturated heterocycles. The van der Waals surface area contributed by atoms with Crippen LogP contribution in [0.5, 0.6) is 5.75 Å². The number of aromatic nitrogens is 6. The lowest BCUT2D eigenvalue weighted by atomic mass is 9.91. The molecular formula is C33H34N6O2. The number of carbonyl (C=O) groups excluding carboxylic acids is 1. The van der Waals surface area contributed by atoms with Gasteiger partial charge >= 0.3 is 0 Å². The molecule has 0 unspecified atom stereocenters. The topological polar surface area (TPSA) is 87.7 Å². The molecule has 0 spiro atoms. The average molecular weight is 547 g/mol. The Morgan fingerprint density at radius 2 is 1.78 bits per heavy atom. The van der Waals surface area contributed by atoms with E-state index in [-0.39, 0.29) is 5.78 Å². The monoisotopic (exact) mass is 546 g/mol. The molecule has 5 aromatic rings. The second-order valence-corrected chi connectivity index (χ2v) is 11.2. The molecule has 0 fully saturated rings. The largest absolute Gasteiger partial charge is 0.496 e. The normalized spacial score (nSPS) is 12.3. The molecule has 208 valence electrons. The summed E-state index contributed by atoms with van der Waals surface area (Å²) in [5, 5.41) is 9.19. The van der Waals surface area contributed by atoms with E-state index in [9.17, 15) is 4.79 Å². The van der Waals surface area contributed by atoms with Gasteiger partial charge in [-0.1, -0.05) is 50.2 Å². The maximum Gasteiger partial charge on any atom is 0.163 e. The van der Waals surface area contributed by atoms with Gasteiger partial charge in [0.25, 0.3) is 0 Å². The van der Waals surface area contributed by atoms with Gasteiger partial charge in [-0.3, -0.25) is 14.2 Å². The van der Waals surface area contributed by atoms with Gasteiger partial charge in [-0.05, 0) is 36.0 Å². The molecule has 1 aliphatic rings. The van der Waals surface area contributed by atoms with Gasteiger partial charge in [0.05, 0.1) is 30.4 Å². The average Bonchev–Trinajstić information content (AvgIpc) is 3.55. The van der Waals surface area contributed by atoms with Crippen molar-refractivity contribution in [2.75, 3.05) is 7.11 Å². The maximum absolute atomic E-state index is 12.6. The third kappa shape index (κ3) is 5.17. The van der Waals surface area contributed by atoms with Crippen LogP contribution in [0.25, 0.3) is 33.6 Å². The zero-order chi connectivity index (χ0) is 28.7. The lowest BCUT2D eigenvalue weighted by Gasteiger charge is -2.17. The molecule has 0 atom stereocenters. The van der Waals surface area contributed by atoms with E-state index in [1.807, 2.05) is 74.1 Å². The second-order valence-electron chi connectivity index (χ2n) is 11.2. The molecule has 0 aliphatic heterocycles. The first-order valence-electron chi connectivity index (χ1n) is 14.0. The Morgan fingerprint density at radius 3 is 2.49 bits per heavy atom. The highest BCUT2D eigenvalue weighted by Crippen LogP contribution is 2.40. The number of methoxy groups -OCH3 is 1. The van der Waals surface area contributed by atoms with Gasteiger partial charge in [0.2, 0.25) is 0 Å². The first-order chi connectivity index (χ1) is 19.8. The number of hydrogen-bond donors (Lipinski definition) is 0. The standard InChI is InChI=1S/C33H34N6O2/c1-20(2)14-28(40)23-10-11-24(29(15-23)41-5)16-30-34-17-25-12-13-27-31(32(25)36-30)33(39(4)37-27)22-8-6-21(7-9-22)26-18-35-38(3)19-26/h6-11,15,17-20H,12-14,16H2,1-5H3. The molecule has 0 bridgehead atoms. The number of hydrogen-bond acceptors (Lipinski definition) is 6. The van der Waals surface area contributed by atoms with Crippen LogP contribution in [-0.2, 0) is 33.4 Å². The highest BCUT2D eigenvalue weighted by molar-refractivity contribution is 5.96. The highest BCUT2D eigenvalue weighted by Gasteiger charge is 2.27. The zero-order valence-electron chi connectivity index (χ0n) is 24.2. The van der Waals surface area contributed by atoms with Crippen LogP contribution in [0.3, 0.4) is 0 Å². The van der Waals surface area contributed by atoms with Crippen LogP contribution in [-0.4, -0.2) is 42.4 Å². The maximum atomic E-state index is 12.6. The van der Waals surface area contributed by atoms with Crippen molar-refractivity contribution in [2.24, 2.45) is 20.0 Å². The summed E-state index contributed by atoms with van der Waals surface area (Å²) in [4.78, 5) is 22.4. The van der Waals surface area contributed by atoms with Crippen LogP contribution in [0.15, 0.2) is 61.1 Å². The molecule has 3 heterocycles. The minimum Gasteiger partial charge on any atom is -0.496 e. The Balaban J connectivity index is 1.34. The van der Waals surface area contributed by atoms with Gasteiger partial charge in [0.15, 0.2) is 5.78 Å². The van der Waals surface area contributed by atoms with Gasteiger partial charge in [0.1, 0.15) is 11.6 Å². The van der Waals surface area contributed by atoms with Crippen molar-refractivity contribution in [1.82, 2.24) is 29.5 Å². The Hall–Kier alpha value is -4.59. The van der Waals surface area contributed by atoms with Crippen LogP contribution < -0.4 is 4.74 Å². The van der Waals surface area contributed by atoms with E-state index in [2.05, 4.69) is 29.4 Å². The van der Waals surface area contributed by atoms with Crippen molar-refractivity contribution < 1.29 is 9.53 Å². The smallest absolute Gasteiger partial charge is 0.163 e. The van der Waals surface area contributed by atoms with E-state index in [0.29, 0.717) is 35.9 Å². The number of rotatable bonds is 8. The Morgan fingerprint density at radius 1 is 1.00 bits per heavy atom. The summed E-state index contributed by atoms with van der Waals surface area (Å²) in [5.41, 5.74) is 10.2. The van der Waals surface area contributed by atoms with Crippen molar-refractivity contribution in [3.8, 4) is 39.4 Å². The fourth-order valence-electron chi connectivity index (χ4n) is 5.63. The van der Waals surface area contributed by atoms with E-state index < -0.39 is 0 Å². The van der Waals surface area contributed by atoms with E-state index in [0.717, 1.165) is 63.3 Å². The van der Waals surface area contributed by atoms with Crippen molar-refractivity contribution in [3.63, 3.8) is 0 Å². The third-order valence-corrected chi connectivity index (χ3v) is 7.65. The molecule has 0 radical (unpaired) electrons. The molecule has 3 aromatic heterocycles. The van der Waals surface area contributed by atoms with Gasteiger partial charge in [0, 0.05) is 67.1 Å². The van der Waals surface area contributed by atoms with Gasteiger partial charge in [-0.2, -0.15) is 10.2 Å². The number of ether oxygens (including phenoxy) is 1. The summed E-state index contributed by atoms with van der Waals surface area (Å²) >= 11 is 0. The van der Waals surface area contributed by atoms with Crippen molar-refractivity contribution in [2.45, 2.75) is 39.5 Å². The zero-order valence-corrected chi connectivity index (χ0v) is 24.2. The Bertz CT molecular complexity index is 1750. The number of fused-ring (bicyclic) bond motifs is 3. The van der Waals surface area contributed by atoms with Crippen LogP contribution in [0.4, 0.5) is 0 Å². The van der Waals surface area contributed by atoms with E-state index in [1.54, 1.807) is 7.11 Å². The fraction of sp³-hybridized carbons (Fsp3) is 0.303. The predicted octanol–water partition coefficient (Wildman–Crippen LogP) is 5.87. The van der Waals surface area contributed by atoms with E-state index in [1.165, 1.54) is 0 Å². The summed E-state index contributed by atoms with van der Waals surface area (Å²) in [6.07, 6.45) is 8.57. The summed E-state index contributed by atoms with van der Waals surface area (Å²) in [6, 6.07) is 14.2. The van der Waals surface area contributed by atoms with Gasteiger partial charge < -0.3 is 4.74 Å². The molecule has 0 N–H and O–H groups in total. The molecule has 0 saturated carbocycles. The summed E-state index contributed by atoms with van der Waals surface area (Å²) in [6.45, 7) is 4.10. The number of aryl methyl sites for hydroxylation is 4. The van der Waals surface area contributed by atoms with Crippen LogP contribution in [0.2, 0.25) is 0 Å².